The Morgan fingerprint density at radius 3 is 2.50 bits per heavy atom. The molecule has 1 saturated heterocycles. The summed E-state index contributed by atoms with van der Waals surface area (Å²) in [5.41, 5.74) is -0.499. The maximum absolute atomic E-state index is 14.1. The number of ketones is 1. The third kappa shape index (κ3) is 3.36. The first-order valence-electron chi connectivity index (χ1n) is 8.74. The van der Waals surface area contributed by atoms with Crippen molar-refractivity contribution in [2.75, 3.05) is 13.1 Å². The molecule has 1 spiro atoms. The van der Waals surface area contributed by atoms with E-state index in [0.29, 0.717) is 42.3 Å². The van der Waals surface area contributed by atoms with Gasteiger partial charge >= 0.3 is 0 Å². The van der Waals surface area contributed by atoms with Gasteiger partial charge in [0.1, 0.15) is 17.2 Å². The van der Waals surface area contributed by atoms with Gasteiger partial charge in [0.2, 0.25) is 0 Å². The molecule has 0 radical (unpaired) electrons. The first-order valence-corrected chi connectivity index (χ1v) is 9.88. The van der Waals surface area contributed by atoms with Gasteiger partial charge in [-0.1, -0.05) is 40.9 Å². The van der Waals surface area contributed by atoms with E-state index in [9.17, 15) is 14.0 Å². The van der Waals surface area contributed by atoms with E-state index in [4.69, 9.17) is 39.5 Å². The molecule has 0 aromatic heterocycles. The van der Waals surface area contributed by atoms with Crippen molar-refractivity contribution >= 4 is 46.5 Å². The standard InChI is InChI=1S/C20H15Cl3FNO3/c21-11-8-12-16(26)10-20(28-18(12)14(23)9-11)4-6-25(7-5-20)19(27)17-13(22)2-1-3-15(17)24/h1-3,8-9H,4-7,10H2. The number of rotatable bonds is 1. The number of benzene rings is 2. The van der Waals surface area contributed by atoms with Gasteiger partial charge in [-0.3, -0.25) is 9.59 Å². The van der Waals surface area contributed by atoms with Gasteiger partial charge in [-0.15, -0.1) is 0 Å². The Labute approximate surface area is 176 Å². The highest BCUT2D eigenvalue weighted by Gasteiger charge is 2.44. The lowest BCUT2D eigenvalue weighted by Crippen LogP contribution is -2.52. The van der Waals surface area contributed by atoms with Crippen molar-refractivity contribution in [3.8, 4) is 5.75 Å². The molecule has 1 amide bonds. The largest absolute Gasteiger partial charge is 0.484 e. The first kappa shape index (κ1) is 19.5. The Kier molecular flexibility index (Phi) is 5.02. The van der Waals surface area contributed by atoms with Crippen LogP contribution in [0.1, 0.15) is 40.0 Å². The van der Waals surface area contributed by atoms with Gasteiger partial charge in [0.05, 0.1) is 27.6 Å². The predicted molar refractivity (Wildman–Crippen MR) is 105 cm³/mol. The second-order valence-corrected chi connectivity index (χ2v) is 8.29. The van der Waals surface area contributed by atoms with E-state index >= 15 is 0 Å². The molecule has 2 aliphatic heterocycles. The van der Waals surface area contributed by atoms with Crippen LogP contribution < -0.4 is 4.74 Å². The number of hydrogen-bond acceptors (Lipinski definition) is 3. The van der Waals surface area contributed by atoms with Gasteiger partial charge in [-0.25, -0.2) is 4.39 Å². The second kappa shape index (κ2) is 7.21. The van der Waals surface area contributed by atoms with E-state index in [1.165, 1.54) is 29.2 Å². The van der Waals surface area contributed by atoms with Gasteiger partial charge in [0.25, 0.3) is 5.91 Å². The van der Waals surface area contributed by atoms with Crippen LogP contribution in [-0.2, 0) is 0 Å². The molecule has 0 aliphatic carbocycles. The molecular formula is C20H15Cl3FNO3. The molecule has 0 saturated carbocycles. The Balaban J connectivity index is 1.54. The lowest BCUT2D eigenvalue weighted by atomic mass is 9.82. The summed E-state index contributed by atoms with van der Waals surface area (Å²) in [5, 5.41) is 0.734. The van der Waals surface area contributed by atoms with Crippen LogP contribution in [-0.4, -0.2) is 35.3 Å². The minimum absolute atomic E-state index is 0.0759. The van der Waals surface area contributed by atoms with Crippen LogP contribution in [0.25, 0.3) is 0 Å². The predicted octanol–water partition coefficient (Wildman–Crippen LogP) is 5.43. The van der Waals surface area contributed by atoms with E-state index in [1.807, 2.05) is 0 Å². The van der Waals surface area contributed by atoms with Gasteiger partial charge in [-0.05, 0) is 24.3 Å². The number of amides is 1. The molecule has 0 unspecified atom stereocenters. The topological polar surface area (TPSA) is 46.6 Å². The van der Waals surface area contributed by atoms with Crippen molar-refractivity contribution in [2.45, 2.75) is 24.9 Å². The summed E-state index contributed by atoms with van der Waals surface area (Å²) in [6.45, 7) is 0.634. The molecule has 4 nitrogen and oxygen atoms in total. The Hall–Kier alpha value is -1.82. The van der Waals surface area contributed by atoms with Gasteiger partial charge in [0, 0.05) is 31.0 Å². The zero-order chi connectivity index (χ0) is 20.1. The number of ether oxygens (including phenoxy) is 1. The fourth-order valence-corrected chi connectivity index (χ4v) is 4.54. The fourth-order valence-electron chi connectivity index (χ4n) is 3.77. The molecule has 2 heterocycles. The van der Waals surface area contributed by atoms with Crippen molar-refractivity contribution < 1.29 is 18.7 Å². The van der Waals surface area contributed by atoms with Crippen molar-refractivity contribution in [3.05, 3.63) is 62.3 Å². The van der Waals surface area contributed by atoms with Gasteiger partial charge < -0.3 is 9.64 Å². The Bertz CT molecular complexity index is 967. The maximum Gasteiger partial charge on any atom is 0.258 e. The van der Waals surface area contributed by atoms with Gasteiger partial charge in [-0.2, -0.15) is 0 Å². The minimum atomic E-state index is -0.739. The maximum atomic E-state index is 14.1. The molecule has 2 aliphatic rings. The molecule has 8 heteroatoms. The van der Waals surface area contributed by atoms with E-state index in [1.54, 1.807) is 6.07 Å². The van der Waals surface area contributed by atoms with Crippen LogP contribution in [0.3, 0.4) is 0 Å². The quantitative estimate of drug-likeness (QED) is 0.592. The highest BCUT2D eigenvalue weighted by molar-refractivity contribution is 6.36. The SMILES string of the molecule is O=C1CC2(CCN(C(=O)c3c(F)cccc3Cl)CC2)Oc2c(Cl)cc(Cl)cc21. The number of carbonyl (C=O) groups is 2. The molecule has 0 N–H and O–H groups in total. The van der Waals surface area contributed by atoms with Crippen LogP contribution in [0.5, 0.6) is 5.75 Å². The van der Waals surface area contributed by atoms with Crippen LogP contribution in [0.2, 0.25) is 15.1 Å². The van der Waals surface area contributed by atoms with Crippen molar-refractivity contribution in [1.29, 1.82) is 0 Å². The Morgan fingerprint density at radius 1 is 1.11 bits per heavy atom. The van der Waals surface area contributed by atoms with Crippen LogP contribution in [0.15, 0.2) is 30.3 Å². The average Bonchev–Trinajstić information content (AvgIpc) is 2.63. The molecule has 1 fully saturated rings. The van der Waals surface area contributed by atoms with E-state index in [2.05, 4.69) is 0 Å². The summed E-state index contributed by atoms with van der Waals surface area (Å²) in [5.74, 6) is -0.883. The molecule has 2 aromatic carbocycles. The number of carbonyl (C=O) groups excluding carboxylic acids is 2. The van der Waals surface area contributed by atoms with E-state index in [-0.39, 0.29) is 27.8 Å². The molecule has 2 aromatic rings. The third-order valence-electron chi connectivity index (χ3n) is 5.25. The van der Waals surface area contributed by atoms with E-state index in [0.717, 1.165) is 0 Å². The third-order valence-corrected chi connectivity index (χ3v) is 6.06. The zero-order valence-electron chi connectivity index (χ0n) is 14.6. The smallest absolute Gasteiger partial charge is 0.258 e. The molecule has 28 heavy (non-hydrogen) atoms. The number of Topliss-reactive ketones (excluding diaryl/α,β-unsaturated/α-hetero) is 1. The molecule has 4 rings (SSSR count). The van der Waals surface area contributed by atoms with Crippen molar-refractivity contribution in [3.63, 3.8) is 0 Å². The number of fused-ring (bicyclic) bond motifs is 1. The molecule has 0 atom stereocenters. The fraction of sp³-hybridized carbons (Fsp3) is 0.300. The summed E-state index contributed by atoms with van der Waals surface area (Å²) in [6.07, 6.45) is 1.03. The first-order chi connectivity index (χ1) is 13.3. The van der Waals surface area contributed by atoms with Gasteiger partial charge in [0.15, 0.2) is 5.78 Å². The zero-order valence-corrected chi connectivity index (χ0v) is 16.9. The van der Waals surface area contributed by atoms with Crippen molar-refractivity contribution in [2.24, 2.45) is 0 Å². The Morgan fingerprint density at radius 2 is 1.82 bits per heavy atom. The lowest BCUT2D eigenvalue weighted by molar-refractivity contribution is -0.00573. The second-order valence-electron chi connectivity index (χ2n) is 7.04. The summed E-state index contributed by atoms with van der Waals surface area (Å²) < 4.78 is 20.2. The monoisotopic (exact) mass is 441 g/mol. The summed E-state index contributed by atoms with van der Waals surface area (Å²) in [6, 6.07) is 7.23. The van der Waals surface area contributed by atoms with Crippen LogP contribution in [0.4, 0.5) is 4.39 Å². The van der Waals surface area contributed by atoms with Crippen molar-refractivity contribution in [1.82, 2.24) is 4.90 Å². The molecule has 146 valence electrons. The number of nitrogens with zero attached hydrogens (tertiary/aromatic N) is 1. The minimum Gasteiger partial charge on any atom is -0.484 e. The number of piperidine rings is 1. The number of likely N-dealkylation sites (tertiary alicyclic amines) is 1. The average molecular weight is 443 g/mol. The summed E-state index contributed by atoms with van der Waals surface area (Å²) in [4.78, 5) is 26.9. The molecule has 0 bridgehead atoms. The highest BCUT2D eigenvalue weighted by Crippen LogP contribution is 2.44. The lowest BCUT2D eigenvalue weighted by Gasteiger charge is -2.44. The molecular weight excluding hydrogens is 428 g/mol. The van der Waals surface area contributed by atoms with Crippen LogP contribution >= 0.6 is 34.8 Å². The number of halogens is 4. The summed E-state index contributed by atoms with van der Waals surface area (Å²) in [7, 11) is 0. The highest BCUT2D eigenvalue weighted by atomic mass is 35.5. The van der Waals surface area contributed by atoms with E-state index < -0.39 is 17.3 Å². The number of hydrogen-bond donors (Lipinski definition) is 0. The summed E-state index contributed by atoms with van der Waals surface area (Å²) >= 11 is 18.2. The van der Waals surface area contributed by atoms with Crippen LogP contribution in [0, 0.1) is 5.82 Å². The normalized spacial score (nSPS) is 18.0.